The molecule has 1 N–H and O–H groups in total. The minimum Gasteiger partial charge on any atom is -0.489 e. The molecule has 0 saturated carbocycles. The largest absolute Gasteiger partial charge is 0.489 e. The number of fused-ring (bicyclic) bond motifs is 1. The van der Waals surface area contributed by atoms with Crippen molar-refractivity contribution in [2.24, 2.45) is 0 Å². The smallest absolute Gasteiger partial charge is 0.142 e. The van der Waals surface area contributed by atoms with Crippen molar-refractivity contribution in [1.29, 1.82) is 0 Å². The standard InChI is InChI=1S/C14H10F3NO/c15-8-1-3-11(17)10(5-8)13-7-19-14-4-2-9(16)6-12(14)18-13/h1-6,13,18H,7H2. The molecule has 2 aromatic rings. The van der Waals surface area contributed by atoms with E-state index in [0.29, 0.717) is 11.4 Å². The Labute approximate surface area is 107 Å². The maximum atomic E-state index is 13.7. The summed E-state index contributed by atoms with van der Waals surface area (Å²) in [7, 11) is 0. The molecule has 5 heteroatoms. The molecule has 2 aromatic carbocycles. The Hall–Kier alpha value is -2.17. The predicted molar refractivity (Wildman–Crippen MR) is 64.6 cm³/mol. The summed E-state index contributed by atoms with van der Waals surface area (Å²) in [5.74, 6) is -0.977. The van der Waals surface area contributed by atoms with Crippen molar-refractivity contribution in [1.82, 2.24) is 0 Å². The molecule has 1 aliphatic rings. The van der Waals surface area contributed by atoms with Gasteiger partial charge >= 0.3 is 0 Å². The monoisotopic (exact) mass is 265 g/mol. The molecule has 1 atom stereocenters. The van der Waals surface area contributed by atoms with Crippen LogP contribution in [0, 0.1) is 17.5 Å². The van der Waals surface area contributed by atoms with Crippen LogP contribution in [0.2, 0.25) is 0 Å². The Morgan fingerprint density at radius 1 is 1.00 bits per heavy atom. The highest BCUT2D eigenvalue weighted by atomic mass is 19.1. The fraction of sp³-hybridized carbons (Fsp3) is 0.143. The van der Waals surface area contributed by atoms with Gasteiger partial charge in [-0.15, -0.1) is 0 Å². The number of benzene rings is 2. The minimum atomic E-state index is -0.551. The summed E-state index contributed by atoms with van der Waals surface area (Å²) in [6.45, 7) is 0.152. The summed E-state index contributed by atoms with van der Waals surface area (Å²) in [6, 6.07) is 6.72. The quantitative estimate of drug-likeness (QED) is 0.849. The zero-order valence-corrected chi connectivity index (χ0v) is 9.79. The highest BCUT2D eigenvalue weighted by molar-refractivity contribution is 5.59. The van der Waals surface area contributed by atoms with Crippen molar-refractivity contribution in [3.63, 3.8) is 0 Å². The van der Waals surface area contributed by atoms with E-state index in [1.165, 1.54) is 18.2 Å². The van der Waals surface area contributed by atoms with E-state index in [-0.39, 0.29) is 12.2 Å². The van der Waals surface area contributed by atoms with E-state index in [1.54, 1.807) is 0 Å². The molecule has 0 aliphatic carbocycles. The Kier molecular flexibility index (Phi) is 2.81. The van der Waals surface area contributed by atoms with Gasteiger partial charge in [0, 0.05) is 11.6 Å². The summed E-state index contributed by atoms with van der Waals surface area (Å²) in [6.07, 6.45) is 0. The maximum Gasteiger partial charge on any atom is 0.142 e. The predicted octanol–water partition coefficient (Wildman–Crippen LogP) is 3.65. The van der Waals surface area contributed by atoms with E-state index in [4.69, 9.17) is 4.74 Å². The second-order valence-corrected chi connectivity index (χ2v) is 4.31. The normalized spacial score (nSPS) is 17.3. The highest BCUT2D eigenvalue weighted by Crippen LogP contribution is 2.34. The van der Waals surface area contributed by atoms with Gasteiger partial charge < -0.3 is 10.1 Å². The van der Waals surface area contributed by atoms with Gasteiger partial charge in [0.1, 0.15) is 29.8 Å². The van der Waals surface area contributed by atoms with Crippen molar-refractivity contribution >= 4 is 5.69 Å². The zero-order valence-electron chi connectivity index (χ0n) is 9.79. The van der Waals surface area contributed by atoms with E-state index < -0.39 is 23.5 Å². The van der Waals surface area contributed by atoms with Crippen molar-refractivity contribution in [3.8, 4) is 5.75 Å². The lowest BCUT2D eigenvalue weighted by molar-refractivity contribution is 0.283. The fourth-order valence-corrected chi connectivity index (χ4v) is 2.09. The second-order valence-electron chi connectivity index (χ2n) is 4.31. The van der Waals surface area contributed by atoms with Gasteiger partial charge in [-0.05, 0) is 30.3 Å². The van der Waals surface area contributed by atoms with Gasteiger partial charge in [0.2, 0.25) is 0 Å². The Morgan fingerprint density at radius 2 is 1.74 bits per heavy atom. The molecule has 2 nitrogen and oxygen atoms in total. The van der Waals surface area contributed by atoms with Crippen LogP contribution in [0.15, 0.2) is 36.4 Å². The molecule has 1 heterocycles. The lowest BCUT2D eigenvalue weighted by Crippen LogP contribution is -2.25. The molecule has 0 saturated heterocycles. The van der Waals surface area contributed by atoms with E-state index >= 15 is 0 Å². The molecule has 98 valence electrons. The van der Waals surface area contributed by atoms with Crippen molar-refractivity contribution in [2.75, 3.05) is 11.9 Å². The molecular weight excluding hydrogens is 255 g/mol. The van der Waals surface area contributed by atoms with Crippen molar-refractivity contribution < 1.29 is 17.9 Å². The average Bonchev–Trinajstić information content (AvgIpc) is 2.40. The lowest BCUT2D eigenvalue weighted by Gasteiger charge is -2.28. The number of rotatable bonds is 1. The van der Waals surface area contributed by atoms with Crippen LogP contribution >= 0.6 is 0 Å². The Morgan fingerprint density at radius 3 is 2.58 bits per heavy atom. The first-order valence-electron chi connectivity index (χ1n) is 5.77. The SMILES string of the molecule is Fc1ccc2c(c1)NC(c1cc(F)ccc1F)CO2. The van der Waals surface area contributed by atoms with Crippen molar-refractivity contribution in [3.05, 3.63) is 59.4 Å². The van der Waals surface area contributed by atoms with Crippen LogP contribution in [-0.2, 0) is 0 Å². The first-order chi connectivity index (χ1) is 9.13. The van der Waals surface area contributed by atoms with Gasteiger partial charge in [0.05, 0.1) is 11.7 Å². The zero-order chi connectivity index (χ0) is 13.4. The van der Waals surface area contributed by atoms with Gasteiger partial charge in [-0.25, -0.2) is 13.2 Å². The number of anilines is 1. The van der Waals surface area contributed by atoms with Gasteiger partial charge in [0.25, 0.3) is 0 Å². The highest BCUT2D eigenvalue weighted by Gasteiger charge is 2.23. The van der Waals surface area contributed by atoms with Gasteiger partial charge in [-0.3, -0.25) is 0 Å². The number of hydrogen-bond donors (Lipinski definition) is 1. The minimum absolute atomic E-state index is 0.152. The number of nitrogens with one attached hydrogen (secondary N) is 1. The van der Waals surface area contributed by atoms with Gasteiger partial charge in [0.15, 0.2) is 0 Å². The topological polar surface area (TPSA) is 21.3 Å². The molecule has 0 aromatic heterocycles. The van der Waals surface area contributed by atoms with Crippen LogP contribution in [0.5, 0.6) is 5.75 Å². The van der Waals surface area contributed by atoms with Crippen molar-refractivity contribution in [2.45, 2.75) is 6.04 Å². The van der Waals surface area contributed by atoms with Gasteiger partial charge in [-0.2, -0.15) is 0 Å². The van der Waals surface area contributed by atoms with Crippen LogP contribution in [0.25, 0.3) is 0 Å². The van der Waals surface area contributed by atoms with Crippen LogP contribution in [0.4, 0.5) is 18.9 Å². The molecule has 0 bridgehead atoms. The van der Waals surface area contributed by atoms with E-state index in [9.17, 15) is 13.2 Å². The molecule has 3 rings (SSSR count). The van der Waals surface area contributed by atoms with Crippen LogP contribution in [0.1, 0.15) is 11.6 Å². The Bertz CT molecular complexity index is 630. The molecule has 0 fully saturated rings. The molecule has 1 aliphatic heterocycles. The number of hydrogen-bond acceptors (Lipinski definition) is 2. The molecule has 1 unspecified atom stereocenters. The molecular formula is C14H10F3NO. The fourth-order valence-electron chi connectivity index (χ4n) is 2.09. The van der Waals surface area contributed by atoms with Gasteiger partial charge in [-0.1, -0.05) is 0 Å². The van der Waals surface area contributed by atoms with Crippen LogP contribution in [0.3, 0.4) is 0 Å². The third-order valence-corrected chi connectivity index (χ3v) is 3.01. The van der Waals surface area contributed by atoms with Crippen LogP contribution in [-0.4, -0.2) is 6.61 Å². The maximum absolute atomic E-state index is 13.7. The Balaban J connectivity index is 1.95. The molecule has 19 heavy (non-hydrogen) atoms. The number of ether oxygens (including phenoxy) is 1. The van der Waals surface area contributed by atoms with E-state index in [1.807, 2.05) is 0 Å². The summed E-state index contributed by atoms with van der Waals surface area (Å²) >= 11 is 0. The molecule has 0 amide bonds. The molecule has 0 spiro atoms. The summed E-state index contributed by atoms with van der Waals surface area (Å²) in [4.78, 5) is 0. The summed E-state index contributed by atoms with van der Waals surface area (Å²) in [5, 5.41) is 2.95. The summed E-state index contributed by atoms with van der Waals surface area (Å²) in [5.41, 5.74) is 0.592. The molecule has 0 radical (unpaired) electrons. The third-order valence-electron chi connectivity index (χ3n) is 3.01. The first-order valence-corrected chi connectivity index (χ1v) is 5.77. The lowest BCUT2D eigenvalue weighted by atomic mass is 10.0. The van der Waals surface area contributed by atoms with E-state index in [2.05, 4.69) is 5.32 Å². The second kappa shape index (κ2) is 4.50. The first kappa shape index (κ1) is 11.9. The van der Waals surface area contributed by atoms with Crippen LogP contribution < -0.4 is 10.1 Å². The summed E-state index contributed by atoms with van der Waals surface area (Å²) < 4.78 is 45.4. The third kappa shape index (κ3) is 2.23. The number of halogens is 3. The van der Waals surface area contributed by atoms with E-state index in [0.717, 1.165) is 18.2 Å². The average molecular weight is 265 g/mol.